The molecule has 2 saturated heterocycles. The maximum Gasteiger partial charge on any atom is 0.0398 e. The minimum Gasteiger partial charge on any atom is -0.399 e. The van der Waals surface area contributed by atoms with Crippen molar-refractivity contribution in [2.75, 3.05) is 42.5 Å². The zero-order valence-corrected chi connectivity index (χ0v) is 15.2. The molecule has 0 saturated carbocycles. The van der Waals surface area contributed by atoms with Crippen molar-refractivity contribution in [3.8, 4) is 0 Å². The van der Waals surface area contributed by atoms with Crippen LogP contribution in [0.4, 0.5) is 17.1 Å². The monoisotopic (exact) mass is 351 g/mol. The van der Waals surface area contributed by atoms with Gasteiger partial charge in [0.15, 0.2) is 0 Å². The average molecular weight is 351 g/mol. The third-order valence-corrected chi connectivity index (χ3v) is 5.77. The summed E-state index contributed by atoms with van der Waals surface area (Å²) in [5, 5.41) is 7.47. The molecule has 2 aliphatic heterocycles. The van der Waals surface area contributed by atoms with E-state index in [1.54, 1.807) is 0 Å². The van der Waals surface area contributed by atoms with Crippen molar-refractivity contribution >= 4 is 17.1 Å². The van der Waals surface area contributed by atoms with Crippen LogP contribution in [-0.4, -0.2) is 38.3 Å². The van der Waals surface area contributed by atoms with E-state index in [1.807, 2.05) is 24.3 Å². The van der Waals surface area contributed by atoms with Gasteiger partial charge in [0, 0.05) is 48.8 Å². The van der Waals surface area contributed by atoms with E-state index in [2.05, 4.69) is 39.8 Å². The highest BCUT2D eigenvalue weighted by Gasteiger charge is 2.31. The molecule has 2 fully saturated rings. The minimum atomic E-state index is 0.446. The van der Waals surface area contributed by atoms with E-state index in [0.717, 1.165) is 44.0 Å². The number of rotatable bonds is 3. The van der Waals surface area contributed by atoms with Gasteiger partial charge in [-0.05, 0) is 61.2 Å². The standard InChI is InChI=1S/C21H29N5/c22-17-6-4-15(5-7-17)16-8-9-24-20(12-16)21-14-26(11-10-25-21)19-3-1-2-18(23)13-19/h1-7,13,16,20-21,24-25H,8-12,14,22-23H2. The van der Waals surface area contributed by atoms with Crippen LogP contribution in [-0.2, 0) is 0 Å². The van der Waals surface area contributed by atoms with Crippen LogP contribution in [0.3, 0.4) is 0 Å². The van der Waals surface area contributed by atoms with Crippen LogP contribution >= 0.6 is 0 Å². The third-order valence-electron chi connectivity index (χ3n) is 5.77. The highest BCUT2D eigenvalue weighted by molar-refractivity contribution is 5.56. The normalized spacial score (nSPS) is 26.6. The summed E-state index contributed by atoms with van der Waals surface area (Å²) in [4.78, 5) is 2.45. The lowest BCUT2D eigenvalue weighted by atomic mass is 9.83. The molecule has 0 aliphatic carbocycles. The van der Waals surface area contributed by atoms with Gasteiger partial charge in [0.1, 0.15) is 0 Å². The highest BCUT2D eigenvalue weighted by Crippen LogP contribution is 2.30. The molecular weight excluding hydrogens is 322 g/mol. The van der Waals surface area contributed by atoms with Crippen molar-refractivity contribution in [3.63, 3.8) is 0 Å². The van der Waals surface area contributed by atoms with Gasteiger partial charge in [0.05, 0.1) is 0 Å². The molecule has 0 spiro atoms. The molecule has 5 heteroatoms. The first kappa shape index (κ1) is 17.2. The Bertz CT molecular complexity index is 729. The molecule has 0 aromatic heterocycles. The Morgan fingerprint density at radius 2 is 1.69 bits per heavy atom. The fourth-order valence-corrected chi connectivity index (χ4v) is 4.33. The van der Waals surface area contributed by atoms with Crippen LogP contribution in [0, 0.1) is 0 Å². The van der Waals surface area contributed by atoms with Gasteiger partial charge in [-0.2, -0.15) is 0 Å². The number of piperazine rings is 1. The Hall–Kier alpha value is -2.24. The summed E-state index contributed by atoms with van der Waals surface area (Å²) in [7, 11) is 0. The van der Waals surface area contributed by atoms with Gasteiger partial charge in [-0.15, -0.1) is 0 Å². The van der Waals surface area contributed by atoms with Crippen molar-refractivity contribution < 1.29 is 0 Å². The van der Waals surface area contributed by atoms with E-state index in [0.29, 0.717) is 18.0 Å². The highest BCUT2D eigenvalue weighted by atomic mass is 15.2. The number of hydrogen-bond acceptors (Lipinski definition) is 5. The largest absolute Gasteiger partial charge is 0.399 e. The van der Waals surface area contributed by atoms with E-state index in [-0.39, 0.29) is 0 Å². The third kappa shape index (κ3) is 3.79. The molecule has 2 aromatic rings. The summed E-state index contributed by atoms with van der Waals surface area (Å²) < 4.78 is 0. The lowest BCUT2D eigenvalue weighted by molar-refractivity contribution is 0.277. The lowest BCUT2D eigenvalue weighted by Crippen LogP contribution is -2.60. The second-order valence-electron chi connectivity index (χ2n) is 7.55. The quantitative estimate of drug-likeness (QED) is 0.638. The second kappa shape index (κ2) is 7.56. The Morgan fingerprint density at radius 1 is 0.885 bits per heavy atom. The number of nitrogens with zero attached hydrogens (tertiary/aromatic N) is 1. The molecule has 2 aliphatic rings. The van der Waals surface area contributed by atoms with Gasteiger partial charge in [-0.1, -0.05) is 18.2 Å². The number of benzene rings is 2. The van der Waals surface area contributed by atoms with Gasteiger partial charge in [-0.25, -0.2) is 0 Å². The molecule has 3 atom stereocenters. The molecule has 0 amide bonds. The molecule has 3 unspecified atom stereocenters. The molecule has 2 heterocycles. The Morgan fingerprint density at radius 3 is 2.50 bits per heavy atom. The Balaban J connectivity index is 1.43. The Labute approximate surface area is 155 Å². The van der Waals surface area contributed by atoms with E-state index >= 15 is 0 Å². The van der Waals surface area contributed by atoms with Crippen molar-refractivity contribution in [2.45, 2.75) is 30.8 Å². The predicted molar refractivity (Wildman–Crippen MR) is 109 cm³/mol. The number of hydrogen-bond donors (Lipinski definition) is 4. The molecule has 4 rings (SSSR count). The molecule has 0 radical (unpaired) electrons. The van der Waals surface area contributed by atoms with E-state index < -0.39 is 0 Å². The van der Waals surface area contributed by atoms with Crippen LogP contribution in [0.2, 0.25) is 0 Å². The van der Waals surface area contributed by atoms with Gasteiger partial charge < -0.3 is 27.0 Å². The molecule has 2 aromatic carbocycles. The fraction of sp³-hybridized carbons (Fsp3) is 0.429. The van der Waals surface area contributed by atoms with Crippen molar-refractivity contribution in [3.05, 3.63) is 54.1 Å². The first-order valence-electron chi connectivity index (χ1n) is 9.62. The summed E-state index contributed by atoms with van der Waals surface area (Å²) in [5.74, 6) is 0.603. The van der Waals surface area contributed by atoms with Crippen molar-refractivity contribution in [2.24, 2.45) is 0 Å². The van der Waals surface area contributed by atoms with Gasteiger partial charge in [0.25, 0.3) is 0 Å². The van der Waals surface area contributed by atoms with Crippen LogP contribution in [0.25, 0.3) is 0 Å². The smallest absolute Gasteiger partial charge is 0.0398 e. The molecule has 5 nitrogen and oxygen atoms in total. The fourth-order valence-electron chi connectivity index (χ4n) is 4.33. The average Bonchev–Trinajstić information content (AvgIpc) is 2.69. The van der Waals surface area contributed by atoms with E-state index in [4.69, 9.17) is 11.5 Å². The lowest BCUT2D eigenvalue weighted by Gasteiger charge is -2.42. The zero-order valence-electron chi connectivity index (χ0n) is 15.2. The van der Waals surface area contributed by atoms with E-state index in [1.165, 1.54) is 17.7 Å². The molecule has 6 N–H and O–H groups in total. The van der Waals surface area contributed by atoms with Crippen LogP contribution in [0.15, 0.2) is 48.5 Å². The second-order valence-corrected chi connectivity index (χ2v) is 7.55. The van der Waals surface area contributed by atoms with Crippen LogP contribution in [0.1, 0.15) is 24.3 Å². The van der Waals surface area contributed by atoms with E-state index in [9.17, 15) is 0 Å². The summed E-state index contributed by atoms with van der Waals surface area (Å²) in [5.41, 5.74) is 16.1. The number of anilines is 3. The van der Waals surface area contributed by atoms with Gasteiger partial charge >= 0.3 is 0 Å². The first-order valence-corrected chi connectivity index (χ1v) is 9.62. The first-order chi connectivity index (χ1) is 12.7. The topological polar surface area (TPSA) is 79.3 Å². The SMILES string of the molecule is Nc1ccc(C2CCNC(C3CN(c4cccc(N)c4)CCN3)C2)cc1. The van der Waals surface area contributed by atoms with Crippen molar-refractivity contribution in [1.29, 1.82) is 0 Å². The summed E-state index contributed by atoms with van der Waals surface area (Å²) >= 11 is 0. The number of nitrogen functional groups attached to an aromatic ring is 2. The summed E-state index contributed by atoms with van der Waals surface area (Å²) in [6, 6.07) is 17.6. The van der Waals surface area contributed by atoms with Crippen molar-refractivity contribution in [1.82, 2.24) is 10.6 Å². The van der Waals surface area contributed by atoms with Crippen LogP contribution in [0.5, 0.6) is 0 Å². The minimum absolute atomic E-state index is 0.446. The molecular formula is C21H29N5. The number of piperidine rings is 1. The maximum absolute atomic E-state index is 5.97. The Kier molecular flexibility index (Phi) is 5.00. The number of nitrogens with one attached hydrogen (secondary N) is 2. The molecule has 26 heavy (non-hydrogen) atoms. The predicted octanol–water partition coefficient (Wildman–Crippen LogP) is 2.16. The van der Waals surface area contributed by atoms with Gasteiger partial charge in [0.2, 0.25) is 0 Å². The number of nitrogens with two attached hydrogens (primary N) is 2. The molecule has 138 valence electrons. The van der Waals surface area contributed by atoms with Gasteiger partial charge in [-0.3, -0.25) is 0 Å². The van der Waals surface area contributed by atoms with Crippen LogP contribution < -0.4 is 27.0 Å². The zero-order chi connectivity index (χ0) is 17.9. The molecule has 0 bridgehead atoms. The summed E-state index contributed by atoms with van der Waals surface area (Å²) in [6.45, 7) is 4.10. The summed E-state index contributed by atoms with van der Waals surface area (Å²) in [6.07, 6.45) is 2.35. The maximum atomic E-state index is 5.97.